The van der Waals surface area contributed by atoms with Crippen molar-refractivity contribution < 1.29 is 13.2 Å². The van der Waals surface area contributed by atoms with Gasteiger partial charge in [0.1, 0.15) is 0 Å². The summed E-state index contributed by atoms with van der Waals surface area (Å²) in [6, 6.07) is 13.1. The van der Waals surface area contributed by atoms with Crippen molar-refractivity contribution in [1.82, 2.24) is 0 Å². The van der Waals surface area contributed by atoms with Gasteiger partial charge in [-0.25, -0.2) is 8.42 Å². The number of benzene rings is 2. The van der Waals surface area contributed by atoms with Crippen LogP contribution in [0.4, 0.5) is 11.4 Å². The van der Waals surface area contributed by atoms with E-state index < -0.39 is 10.0 Å². The highest BCUT2D eigenvalue weighted by molar-refractivity contribution is 7.92. The lowest BCUT2D eigenvalue weighted by atomic mass is 10.1. The molecule has 2 aromatic carbocycles. The van der Waals surface area contributed by atoms with E-state index in [-0.39, 0.29) is 5.91 Å². The van der Waals surface area contributed by atoms with E-state index >= 15 is 0 Å². The summed E-state index contributed by atoms with van der Waals surface area (Å²) >= 11 is 1.38. The summed E-state index contributed by atoms with van der Waals surface area (Å²) < 4.78 is 25.6. The average Bonchev–Trinajstić information content (AvgIpc) is 3.00. The molecule has 136 valence electrons. The van der Waals surface area contributed by atoms with Gasteiger partial charge >= 0.3 is 0 Å². The van der Waals surface area contributed by atoms with Crippen molar-refractivity contribution in [3.63, 3.8) is 0 Å². The number of nitrogens with one attached hydrogen (secondary N) is 1. The summed E-state index contributed by atoms with van der Waals surface area (Å²) in [6.07, 6.45) is 1.16. The number of aryl methyl sites for hydroxylation is 2. The molecule has 0 bridgehead atoms. The second-order valence-corrected chi connectivity index (χ2v) is 9.43. The standard InChI is InChI=1S/C19H20N2O3S2/c1-12-5-6-13(2)16(9-12)20-19(22)18-11-14-10-15(7-8-17(14)25-18)21(3)26(4,23)24/h5-11H,1-4H3,(H,20,22). The molecule has 1 N–H and O–H groups in total. The van der Waals surface area contributed by atoms with Crippen molar-refractivity contribution in [2.24, 2.45) is 0 Å². The molecule has 0 aliphatic rings. The van der Waals surface area contributed by atoms with Gasteiger partial charge in [-0.3, -0.25) is 9.10 Å². The van der Waals surface area contributed by atoms with E-state index in [0.29, 0.717) is 10.6 Å². The predicted molar refractivity (Wildman–Crippen MR) is 109 cm³/mol. The Morgan fingerprint density at radius 1 is 1.08 bits per heavy atom. The average molecular weight is 389 g/mol. The molecule has 1 aromatic heterocycles. The van der Waals surface area contributed by atoms with Crippen LogP contribution in [0.3, 0.4) is 0 Å². The van der Waals surface area contributed by atoms with Crippen LogP contribution in [0.2, 0.25) is 0 Å². The van der Waals surface area contributed by atoms with Crippen LogP contribution in [0.5, 0.6) is 0 Å². The summed E-state index contributed by atoms with van der Waals surface area (Å²) in [6.45, 7) is 3.93. The number of anilines is 2. The molecule has 3 aromatic rings. The van der Waals surface area contributed by atoms with Gasteiger partial charge in [0.15, 0.2) is 0 Å². The first-order valence-corrected chi connectivity index (χ1v) is 10.7. The maximum Gasteiger partial charge on any atom is 0.265 e. The summed E-state index contributed by atoms with van der Waals surface area (Å²) in [5, 5.41) is 3.80. The van der Waals surface area contributed by atoms with Gasteiger partial charge in [-0.05, 0) is 60.7 Å². The van der Waals surface area contributed by atoms with Gasteiger partial charge in [-0.1, -0.05) is 12.1 Å². The van der Waals surface area contributed by atoms with E-state index in [9.17, 15) is 13.2 Å². The Morgan fingerprint density at radius 2 is 1.81 bits per heavy atom. The topological polar surface area (TPSA) is 66.5 Å². The number of amides is 1. The minimum Gasteiger partial charge on any atom is -0.321 e. The maximum atomic E-state index is 12.6. The first kappa shape index (κ1) is 18.4. The number of carbonyl (C=O) groups excluding carboxylic acids is 1. The van der Waals surface area contributed by atoms with E-state index in [1.165, 1.54) is 22.7 Å². The smallest absolute Gasteiger partial charge is 0.265 e. The van der Waals surface area contributed by atoms with Crippen LogP contribution in [0.25, 0.3) is 10.1 Å². The van der Waals surface area contributed by atoms with Crippen LogP contribution in [0, 0.1) is 13.8 Å². The molecule has 0 radical (unpaired) electrons. The Bertz CT molecular complexity index is 1100. The van der Waals surface area contributed by atoms with E-state index in [1.54, 1.807) is 18.2 Å². The molecule has 0 spiro atoms. The summed E-state index contributed by atoms with van der Waals surface area (Å²) in [4.78, 5) is 13.2. The van der Waals surface area contributed by atoms with Crippen LogP contribution in [0.15, 0.2) is 42.5 Å². The third-order valence-corrected chi connectivity index (χ3v) is 6.55. The zero-order valence-electron chi connectivity index (χ0n) is 15.0. The molecule has 5 nitrogen and oxygen atoms in total. The minimum atomic E-state index is -3.33. The van der Waals surface area contributed by atoms with Crippen molar-refractivity contribution in [1.29, 1.82) is 0 Å². The molecule has 0 saturated heterocycles. The van der Waals surface area contributed by atoms with Crippen LogP contribution in [-0.2, 0) is 10.0 Å². The van der Waals surface area contributed by atoms with Crippen molar-refractivity contribution >= 4 is 48.7 Å². The molecular weight excluding hydrogens is 368 g/mol. The fraction of sp³-hybridized carbons (Fsp3) is 0.211. The Balaban J connectivity index is 1.91. The Morgan fingerprint density at radius 3 is 2.50 bits per heavy atom. The second-order valence-electron chi connectivity index (χ2n) is 6.34. The normalized spacial score (nSPS) is 11.5. The fourth-order valence-corrected chi connectivity index (χ4v) is 4.02. The molecule has 26 heavy (non-hydrogen) atoms. The first-order chi connectivity index (χ1) is 12.1. The number of hydrogen-bond acceptors (Lipinski definition) is 4. The summed E-state index contributed by atoms with van der Waals surface area (Å²) in [5.41, 5.74) is 3.45. The number of nitrogens with zero attached hydrogens (tertiary/aromatic N) is 1. The van der Waals surface area contributed by atoms with Crippen LogP contribution in [0.1, 0.15) is 20.8 Å². The molecule has 0 aliphatic heterocycles. The molecule has 0 atom stereocenters. The molecular formula is C19H20N2O3S2. The van der Waals surface area contributed by atoms with E-state index in [4.69, 9.17) is 0 Å². The van der Waals surface area contributed by atoms with Gasteiger partial charge in [0.25, 0.3) is 5.91 Å². The van der Waals surface area contributed by atoms with Crippen molar-refractivity contribution in [2.45, 2.75) is 13.8 Å². The molecule has 1 amide bonds. The lowest BCUT2D eigenvalue weighted by molar-refractivity contribution is 0.103. The molecule has 0 aliphatic carbocycles. The molecule has 0 fully saturated rings. The molecule has 0 unspecified atom stereocenters. The predicted octanol–water partition coefficient (Wildman–Crippen LogP) is 4.17. The van der Waals surface area contributed by atoms with Gasteiger partial charge in [-0.2, -0.15) is 0 Å². The summed E-state index contributed by atoms with van der Waals surface area (Å²) in [5.74, 6) is -0.169. The van der Waals surface area contributed by atoms with Crippen LogP contribution in [-0.4, -0.2) is 27.6 Å². The Labute approximate surface area is 157 Å². The van der Waals surface area contributed by atoms with E-state index in [2.05, 4.69) is 5.32 Å². The number of thiophene rings is 1. The Hall–Kier alpha value is -2.38. The number of fused-ring (bicyclic) bond motifs is 1. The van der Waals surface area contributed by atoms with Crippen molar-refractivity contribution in [3.8, 4) is 0 Å². The zero-order chi connectivity index (χ0) is 19.1. The van der Waals surface area contributed by atoms with Crippen molar-refractivity contribution in [3.05, 3.63) is 58.5 Å². The van der Waals surface area contributed by atoms with Gasteiger partial charge in [-0.15, -0.1) is 11.3 Å². The monoisotopic (exact) mass is 388 g/mol. The van der Waals surface area contributed by atoms with Crippen molar-refractivity contribution in [2.75, 3.05) is 22.9 Å². The van der Waals surface area contributed by atoms with E-state index in [0.717, 1.165) is 33.2 Å². The van der Waals surface area contributed by atoms with Crippen LogP contribution >= 0.6 is 11.3 Å². The highest BCUT2D eigenvalue weighted by Gasteiger charge is 2.15. The van der Waals surface area contributed by atoms with Gasteiger partial charge in [0, 0.05) is 17.4 Å². The number of rotatable bonds is 4. The molecule has 7 heteroatoms. The third kappa shape index (κ3) is 3.73. The third-order valence-electron chi connectivity index (χ3n) is 4.23. The largest absolute Gasteiger partial charge is 0.321 e. The van der Waals surface area contributed by atoms with Gasteiger partial charge < -0.3 is 5.32 Å². The minimum absolute atomic E-state index is 0.169. The van der Waals surface area contributed by atoms with E-state index in [1.807, 2.05) is 38.1 Å². The highest BCUT2D eigenvalue weighted by atomic mass is 32.2. The molecule has 3 rings (SSSR count). The number of sulfonamides is 1. The first-order valence-electron chi connectivity index (χ1n) is 8.01. The second kappa shape index (κ2) is 6.74. The number of carbonyl (C=O) groups is 1. The fourth-order valence-electron chi connectivity index (χ4n) is 2.58. The molecule has 1 heterocycles. The van der Waals surface area contributed by atoms with Gasteiger partial charge in [0.05, 0.1) is 16.8 Å². The van der Waals surface area contributed by atoms with Gasteiger partial charge in [0.2, 0.25) is 10.0 Å². The maximum absolute atomic E-state index is 12.6. The number of hydrogen-bond donors (Lipinski definition) is 1. The lowest BCUT2D eigenvalue weighted by Gasteiger charge is -2.16. The molecule has 0 saturated carbocycles. The zero-order valence-corrected chi connectivity index (χ0v) is 16.7. The van der Waals surface area contributed by atoms with Crippen LogP contribution < -0.4 is 9.62 Å². The SMILES string of the molecule is Cc1ccc(C)c(NC(=O)c2cc3cc(N(C)S(C)(=O)=O)ccc3s2)c1. The summed E-state index contributed by atoms with van der Waals surface area (Å²) in [7, 11) is -1.82. The quantitative estimate of drug-likeness (QED) is 0.730. The lowest BCUT2D eigenvalue weighted by Crippen LogP contribution is -2.24. The Kier molecular flexibility index (Phi) is 4.77. The highest BCUT2D eigenvalue weighted by Crippen LogP contribution is 2.30.